The molecule has 1 aliphatic heterocycles. The molecule has 1 aliphatic rings. The predicted octanol–water partition coefficient (Wildman–Crippen LogP) is 4.51. The second-order valence-corrected chi connectivity index (χ2v) is 6.22. The third kappa shape index (κ3) is 2.44. The van der Waals surface area contributed by atoms with E-state index in [9.17, 15) is 4.79 Å². The molecule has 0 atom stereocenters. The molecule has 0 spiro atoms. The Balaban J connectivity index is 2.00. The number of anilines is 2. The number of aryl methyl sites for hydroxylation is 1. The van der Waals surface area contributed by atoms with Gasteiger partial charge in [0.1, 0.15) is 0 Å². The summed E-state index contributed by atoms with van der Waals surface area (Å²) in [5.74, 6) is 0.0202. The maximum atomic E-state index is 12.7. The summed E-state index contributed by atoms with van der Waals surface area (Å²) in [6, 6.07) is 14.4. The van der Waals surface area contributed by atoms with Crippen molar-refractivity contribution in [1.29, 1.82) is 5.41 Å². The summed E-state index contributed by atoms with van der Waals surface area (Å²) in [5, 5.41) is 8.17. The zero-order valence-electron chi connectivity index (χ0n) is 11.7. The molecular formula is C16H12BrN3OS. The highest BCUT2D eigenvalue weighted by atomic mass is 79.9. The van der Waals surface area contributed by atoms with E-state index < -0.39 is 0 Å². The van der Waals surface area contributed by atoms with Crippen LogP contribution in [0.4, 0.5) is 16.2 Å². The van der Waals surface area contributed by atoms with Crippen LogP contribution in [0.1, 0.15) is 5.56 Å². The third-order valence-electron chi connectivity index (χ3n) is 3.39. The Hall–Kier alpha value is -2.05. The molecule has 6 heteroatoms. The minimum absolute atomic E-state index is 0.0202. The Morgan fingerprint density at radius 3 is 2.05 bits per heavy atom. The first-order valence-corrected chi connectivity index (χ1v) is 7.78. The van der Waals surface area contributed by atoms with Crippen LogP contribution in [0.25, 0.3) is 0 Å². The summed E-state index contributed by atoms with van der Waals surface area (Å²) in [6.45, 7) is 1.97. The lowest BCUT2D eigenvalue weighted by Gasteiger charge is -2.17. The van der Waals surface area contributed by atoms with Gasteiger partial charge in [-0.3, -0.25) is 5.41 Å². The van der Waals surface area contributed by atoms with E-state index in [0.29, 0.717) is 11.4 Å². The maximum absolute atomic E-state index is 12.7. The Morgan fingerprint density at radius 2 is 1.45 bits per heavy atom. The SMILES string of the molecule is Cc1ccc(N2C(=N)C(=S)N(c3ccc(Br)cc3)C2=O)cc1. The molecule has 0 unspecified atom stereocenters. The van der Waals surface area contributed by atoms with Gasteiger partial charge >= 0.3 is 6.03 Å². The van der Waals surface area contributed by atoms with Crippen LogP contribution in [0.2, 0.25) is 0 Å². The molecule has 1 heterocycles. The van der Waals surface area contributed by atoms with Crippen molar-refractivity contribution < 1.29 is 4.79 Å². The van der Waals surface area contributed by atoms with Crippen LogP contribution in [0.5, 0.6) is 0 Å². The molecule has 1 fully saturated rings. The number of carbonyl (C=O) groups excluding carboxylic acids is 1. The fraction of sp³-hybridized carbons (Fsp3) is 0.0625. The number of halogens is 1. The average molecular weight is 374 g/mol. The standard InChI is InChI=1S/C16H12BrN3OS/c1-10-2-6-12(7-3-10)19-14(18)15(22)20(16(19)21)13-8-4-11(17)5-9-13/h2-9,18H,1H3. The Morgan fingerprint density at radius 1 is 0.955 bits per heavy atom. The number of benzene rings is 2. The number of hydrogen-bond donors (Lipinski definition) is 1. The van der Waals surface area contributed by atoms with Crippen molar-refractivity contribution in [2.45, 2.75) is 6.92 Å². The fourth-order valence-corrected chi connectivity index (χ4v) is 2.77. The molecular weight excluding hydrogens is 362 g/mol. The van der Waals surface area contributed by atoms with Gasteiger partial charge in [0.05, 0.1) is 11.4 Å². The number of rotatable bonds is 2. The molecule has 0 saturated carbocycles. The number of nitrogens with zero attached hydrogens (tertiary/aromatic N) is 2. The van der Waals surface area contributed by atoms with E-state index in [1.807, 2.05) is 43.3 Å². The van der Waals surface area contributed by atoms with E-state index in [-0.39, 0.29) is 16.9 Å². The number of amides is 2. The molecule has 2 aromatic carbocycles. The van der Waals surface area contributed by atoms with Crippen molar-refractivity contribution in [3.8, 4) is 0 Å². The van der Waals surface area contributed by atoms with Crippen LogP contribution >= 0.6 is 28.1 Å². The highest BCUT2D eigenvalue weighted by Gasteiger charge is 2.40. The molecule has 110 valence electrons. The number of carbonyl (C=O) groups is 1. The smallest absolute Gasteiger partial charge is 0.281 e. The first-order chi connectivity index (χ1) is 10.5. The van der Waals surface area contributed by atoms with Crippen LogP contribution in [0.15, 0.2) is 53.0 Å². The zero-order valence-corrected chi connectivity index (χ0v) is 14.1. The van der Waals surface area contributed by atoms with Crippen LogP contribution in [-0.4, -0.2) is 16.9 Å². The minimum atomic E-state index is -0.332. The van der Waals surface area contributed by atoms with Gasteiger partial charge in [0.15, 0.2) is 10.8 Å². The van der Waals surface area contributed by atoms with Gasteiger partial charge in [0, 0.05) is 4.47 Å². The van der Waals surface area contributed by atoms with Crippen molar-refractivity contribution in [2.75, 3.05) is 9.80 Å². The summed E-state index contributed by atoms with van der Waals surface area (Å²) in [6.07, 6.45) is 0. The maximum Gasteiger partial charge on any atom is 0.340 e. The number of amidine groups is 1. The van der Waals surface area contributed by atoms with Crippen molar-refractivity contribution in [3.05, 3.63) is 58.6 Å². The van der Waals surface area contributed by atoms with Crippen molar-refractivity contribution >= 4 is 56.4 Å². The Bertz CT molecular complexity index is 705. The van der Waals surface area contributed by atoms with Crippen molar-refractivity contribution in [3.63, 3.8) is 0 Å². The molecule has 2 amide bonds. The summed E-state index contributed by atoms with van der Waals surface area (Å²) in [4.78, 5) is 15.6. The summed E-state index contributed by atoms with van der Waals surface area (Å²) in [5.41, 5.74) is 2.38. The first-order valence-electron chi connectivity index (χ1n) is 6.58. The molecule has 0 radical (unpaired) electrons. The van der Waals surface area contributed by atoms with Gasteiger partial charge < -0.3 is 0 Å². The van der Waals surface area contributed by atoms with Gasteiger partial charge in [-0.15, -0.1) is 0 Å². The second kappa shape index (κ2) is 5.62. The van der Waals surface area contributed by atoms with E-state index in [4.69, 9.17) is 17.6 Å². The minimum Gasteiger partial charge on any atom is -0.281 e. The molecule has 1 N–H and O–H groups in total. The molecule has 0 bridgehead atoms. The normalized spacial score (nSPS) is 14.9. The summed E-state index contributed by atoms with van der Waals surface area (Å²) in [7, 11) is 0. The van der Waals surface area contributed by atoms with Gasteiger partial charge in [0.25, 0.3) is 0 Å². The van der Waals surface area contributed by atoms with Crippen molar-refractivity contribution in [2.24, 2.45) is 0 Å². The molecule has 0 aromatic heterocycles. The quantitative estimate of drug-likeness (QED) is 0.787. The topological polar surface area (TPSA) is 47.4 Å². The number of urea groups is 1. The largest absolute Gasteiger partial charge is 0.340 e. The van der Waals surface area contributed by atoms with Gasteiger partial charge in [-0.2, -0.15) is 0 Å². The van der Waals surface area contributed by atoms with Crippen molar-refractivity contribution in [1.82, 2.24) is 0 Å². The average Bonchev–Trinajstić information content (AvgIpc) is 2.72. The molecule has 0 aliphatic carbocycles. The lowest BCUT2D eigenvalue weighted by molar-refractivity contribution is 0.257. The van der Waals surface area contributed by atoms with Gasteiger partial charge in [-0.05, 0) is 43.3 Å². The Labute approximate surface area is 142 Å². The number of thiocarbonyl (C=S) groups is 1. The van der Waals surface area contributed by atoms with Crippen LogP contribution in [-0.2, 0) is 0 Å². The Kier molecular flexibility index (Phi) is 3.80. The third-order valence-corrected chi connectivity index (χ3v) is 4.29. The predicted molar refractivity (Wildman–Crippen MR) is 96.0 cm³/mol. The molecule has 2 aromatic rings. The molecule has 4 nitrogen and oxygen atoms in total. The van der Waals surface area contributed by atoms with Gasteiger partial charge in [-0.1, -0.05) is 45.8 Å². The van der Waals surface area contributed by atoms with Crippen LogP contribution in [0.3, 0.4) is 0 Å². The number of nitrogens with one attached hydrogen (secondary N) is 1. The van der Waals surface area contributed by atoms with E-state index in [2.05, 4.69) is 15.9 Å². The van der Waals surface area contributed by atoms with Crippen LogP contribution < -0.4 is 9.80 Å². The van der Waals surface area contributed by atoms with E-state index in [0.717, 1.165) is 10.0 Å². The molecule has 3 rings (SSSR count). The second-order valence-electron chi connectivity index (χ2n) is 4.92. The lowest BCUT2D eigenvalue weighted by Crippen LogP contribution is -2.33. The highest BCUT2D eigenvalue weighted by Crippen LogP contribution is 2.28. The monoisotopic (exact) mass is 373 g/mol. The highest BCUT2D eigenvalue weighted by molar-refractivity contribution is 9.10. The van der Waals surface area contributed by atoms with E-state index in [1.165, 1.54) is 9.80 Å². The summed E-state index contributed by atoms with van der Waals surface area (Å²) < 4.78 is 0.916. The van der Waals surface area contributed by atoms with E-state index in [1.54, 1.807) is 12.1 Å². The van der Waals surface area contributed by atoms with Gasteiger partial charge in [0.2, 0.25) is 0 Å². The van der Waals surface area contributed by atoms with Gasteiger partial charge in [-0.25, -0.2) is 14.6 Å². The fourth-order valence-electron chi connectivity index (χ4n) is 2.24. The van der Waals surface area contributed by atoms with Crippen LogP contribution in [0, 0.1) is 12.3 Å². The van der Waals surface area contributed by atoms with E-state index >= 15 is 0 Å². The lowest BCUT2D eigenvalue weighted by atomic mass is 10.2. The molecule has 22 heavy (non-hydrogen) atoms. The first kappa shape index (κ1) is 14.9. The number of hydrogen-bond acceptors (Lipinski definition) is 3. The summed E-state index contributed by atoms with van der Waals surface area (Å²) >= 11 is 8.65. The molecule has 1 saturated heterocycles. The zero-order chi connectivity index (χ0) is 15.9.